The van der Waals surface area contributed by atoms with E-state index in [1.165, 1.54) is 5.56 Å². The molecule has 2 aliphatic rings. The highest BCUT2D eigenvalue weighted by Gasteiger charge is 2.38. The number of hydrogen-bond acceptors (Lipinski definition) is 4. The van der Waals surface area contributed by atoms with Crippen molar-refractivity contribution in [3.8, 4) is 11.5 Å². The summed E-state index contributed by atoms with van der Waals surface area (Å²) in [5.41, 5.74) is 1.92. The first-order chi connectivity index (χ1) is 16.4. The van der Waals surface area contributed by atoms with Gasteiger partial charge in [-0.25, -0.2) is 0 Å². The summed E-state index contributed by atoms with van der Waals surface area (Å²) in [6.07, 6.45) is 5.13. The minimum atomic E-state index is -0.372. The summed E-state index contributed by atoms with van der Waals surface area (Å²) in [5, 5.41) is 3.19. The standard InChI is InChI=1S/C28H36N2O4/c1-21-6-3-10-25(16-21)34-20-23-8-5-15-30(19-23)27(32)12-14-28(13-11-26(31)29-28)18-22-7-4-9-24(17-22)33-2/h3-4,6-7,9-10,16-17,23H,5,8,11-15,18-20H2,1-2H3,(H,29,31)/t23-,28-/m1/s1. The van der Waals surface area contributed by atoms with Crippen LogP contribution in [0.25, 0.3) is 0 Å². The Bertz CT molecular complexity index is 1010. The van der Waals surface area contributed by atoms with Crippen molar-refractivity contribution >= 4 is 11.8 Å². The minimum Gasteiger partial charge on any atom is -0.497 e. The average molecular weight is 465 g/mol. The molecule has 0 aromatic heterocycles. The number of methoxy groups -OCH3 is 1. The molecule has 2 fully saturated rings. The number of amides is 2. The number of aryl methyl sites for hydroxylation is 1. The van der Waals surface area contributed by atoms with Gasteiger partial charge in [0.25, 0.3) is 0 Å². The number of benzene rings is 2. The lowest BCUT2D eigenvalue weighted by molar-refractivity contribution is -0.134. The van der Waals surface area contributed by atoms with Crippen molar-refractivity contribution in [3.63, 3.8) is 0 Å². The molecule has 2 aromatic rings. The summed E-state index contributed by atoms with van der Waals surface area (Å²) in [5.74, 6) is 2.28. The van der Waals surface area contributed by atoms with E-state index in [0.717, 1.165) is 49.4 Å². The van der Waals surface area contributed by atoms with Gasteiger partial charge in [0, 0.05) is 37.4 Å². The summed E-state index contributed by atoms with van der Waals surface area (Å²) < 4.78 is 11.4. The molecule has 2 saturated heterocycles. The lowest BCUT2D eigenvalue weighted by Gasteiger charge is -2.34. The number of carbonyl (C=O) groups excluding carboxylic acids is 2. The van der Waals surface area contributed by atoms with Crippen LogP contribution in [0.15, 0.2) is 48.5 Å². The van der Waals surface area contributed by atoms with E-state index in [4.69, 9.17) is 9.47 Å². The van der Waals surface area contributed by atoms with E-state index in [2.05, 4.69) is 24.4 Å². The number of ether oxygens (including phenoxy) is 2. The Morgan fingerprint density at radius 1 is 1.18 bits per heavy atom. The van der Waals surface area contributed by atoms with Crippen molar-refractivity contribution in [1.82, 2.24) is 10.2 Å². The van der Waals surface area contributed by atoms with Crippen molar-refractivity contribution in [1.29, 1.82) is 0 Å². The van der Waals surface area contributed by atoms with Crippen LogP contribution in [-0.2, 0) is 16.0 Å². The van der Waals surface area contributed by atoms with Gasteiger partial charge in [0.05, 0.1) is 13.7 Å². The zero-order chi connectivity index (χ0) is 24.0. The van der Waals surface area contributed by atoms with Crippen molar-refractivity contribution in [2.45, 2.75) is 57.4 Å². The predicted octanol–water partition coefficient (Wildman–Crippen LogP) is 4.29. The molecule has 1 N–H and O–H groups in total. The maximum Gasteiger partial charge on any atom is 0.222 e. The first-order valence-electron chi connectivity index (χ1n) is 12.4. The topological polar surface area (TPSA) is 67.9 Å². The van der Waals surface area contributed by atoms with Crippen LogP contribution in [0.4, 0.5) is 0 Å². The number of nitrogens with zero attached hydrogens (tertiary/aromatic N) is 1. The third-order valence-corrected chi connectivity index (χ3v) is 7.08. The summed E-state index contributed by atoms with van der Waals surface area (Å²) in [6, 6.07) is 16.0. The molecule has 2 amide bonds. The van der Waals surface area contributed by atoms with E-state index in [9.17, 15) is 9.59 Å². The van der Waals surface area contributed by atoms with E-state index in [0.29, 0.717) is 38.2 Å². The highest BCUT2D eigenvalue weighted by atomic mass is 16.5. The number of piperidine rings is 1. The van der Waals surface area contributed by atoms with Crippen LogP contribution in [0.1, 0.15) is 49.7 Å². The van der Waals surface area contributed by atoms with Crippen LogP contribution in [0, 0.1) is 12.8 Å². The van der Waals surface area contributed by atoms with E-state index in [1.54, 1.807) is 7.11 Å². The summed E-state index contributed by atoms with van der Waals surface area (Å²) >= 11 is 0. The molecule has 6 heteroatoms. The molecular weight excluding hydrogens is 428 g/mol. The van der Waals surface area contributed by atoms with Gasteiger partial charge in [0.15, 0.2) is 0 Å². The quantitative estimate of drug-likeness (QED) is 0.601. The molecule has 2 aromatic carbocycles. The highest BCUT2D eigenvalue weighted by Crippen LogP contribution is 2.31. The molecule has 0 saturated carbocycles. The van der Waals surface area contributed by atoms with Crippen molar-refractivity contribution in [2.75, 3.05) is 26.8 Å². The van der Waals surface area contributed by atoms with Crippen LogP contribution in [0.2, 0.25) is 0 Å². The lowest BCUT2D eigenvalue weighted by Crippen LogP contribution is -2.46. The van der Waals surface area contributed by atoms with E-state index in [-0.39, 0.29) is 17.4 Å². The van der Waals surface area contributed by atoms with Gasteiger partial charge in [0.2, 0.25) is 11.8 Å². The zero-order valence-corrected chi connectivity index (χ0v) is 20.3. The Hall–Kier alpha value is -3.02. The van der Waals surface area contributed by atoms with Gasteiger partial charge in [-0.2, -0.15) is 0 Å². The predicted molar refractivity (Wildman–Crippen MR) is 132 cm³/mol. The second kappa shape index (κ2) is 10.9. The fourth-order valence-corrected chi connectivity index (χ4v) is 5.21. The third kappa shape index (κ3) is 6.31. The van der Waals surface area contributed by atoms with E-state index >= 15 is 0 Å². The molecule has 2 heterocycles. The summed E-state index contributed by atoms with van der Waals surface area (Å²) in [4.78, 5) is 27.3. The molecule has 6 nitrogen and oxygen atoms in total. The van der Waals surface area contributed by atoms with Crippen LogP contribution in [-0.4, -0.2) is 49.1 Å². The monoisotopic (exact) mass is 464 g/mol. The first-order valence-corrected chi connectivity index (χ1v) is 12.4. The fourth-order valence-electron chi connectivity index (χ4n) is 5.21. The second-order valence-electron chi connectivity index (χ2n) is 9.83. The SMILES string of the molecule is COc1cccc(C[C@]2(CCC(=O)N3CCC[C@@H](COc4cccc(C)c4)C3)CCC(=O)N2)c1. The van der Waals surface area contributed by atoms with Gasteiger partial charge in [-0.3, -0.25) is 9.59 Å². The lowest BCUT2D eigenvalue weighted by atomic mass is 9.84. The molecule has 0 bridgehead atoms. The van der Waals surface area contributed by atoms with Crippen LogP contribution in [0.3, 0.4) is 0 Å². The fraction of sp³-hybridized carbons (Fsp3) is 0.500. The highest BCUT2D eigenvalue weighted by molar-refractivity contribution is 5.80. The Balaban J connectivity index is 1.32. The maximum absolute atomic E-state index is 13.1. The van der Waals surface area contributed by atoms with Gasteiger partial charge in [0.1, 0.15) is 11.5 Å². The van der Waals surface area contributed by atoms with Gasteiger partial charge < -0.3 is 19.7 Å². The third-order valence-electron chi connectivity index (χ3n) is 7.08. The molecule has 0 radical (unpaired) electrons. The molecule has 182 valence electrons. The Morgan fingerprint density at radius 2 is 2.00 bits per heavy atom. The second-order valence-corrected chi connectivity index (χ2v) is 9.83. The van der Waals surface area contributed by atoms with Crippen LogP contribution < -0.4 is 14.8 Å². The molecule has 2 aliphatic heterocycles. The minimum absolute atomic E-state index is 0.0710. The molecule has 4 rings (SSSR count). The van der Waals surface area contributed by atoms with Crippen molar-refractivity contribution < 1.29 is 19.1 Å². The summed E-state index contributed by atoms with van der Waals surface area (Å²) in [6.45, 7) is 4.22. The number of nitrogens with one attached hydrogen (secondary N) is 1. The van der Waals surface area contributed by atoms with Crippen molar-refractivity contribution in [2.24, 2.45) is 5.92 Å². The Labute approximate surface area is 202 Å². The molecule has 0 spiro atoms. The molecule has 0 unspecified atom stereocenters. The number of rotatable bonds is 9. The largest absolute Gasteiger partial charge is 0.497 e. The first kappa shape index (κ1) is 24.1. The molecular formula is C28H36N2O4. The number of likely N-dealkylation sites (tertiary alicyclic amines) is 1. The molecule has 2 atom stereocenters. The Kier molecular flexibility index (Phi) is 7.76. The van der Waals surface area contributed by atoms with Gasteiger partial charge in [-0.1, -0.05) is 24.3 Å². The van der Waals surface area contributed by atoms with Gasteiger partial charge in [-0.15, -0.1) is 0 Å². The average Bonchev–Trinajstić information content (AvgIpc) is 3.22. The normalized spacial score (nSPS) is 22.4. The van der Waals surface area contributed by atoms with Crippen molar-refractivity contribution in [3.05, 3.63) is 59.7 Å². The Morgan fingerprint density at radius 3 is 2.76 bits per heavy atom. The van der Waals surface area contributed by atoms with E-state index < -0.39 is 0 Å². The number of hydrogen-bond donors (Lipinski definition) is 1. The van der Waals surface area contributed by atoms with E-state index in [1.807, 2.05) is 41.3 Å². The van der Waals surface area contributed by atoms with Crippen LogP contribution >= 0.6 is 0 Å². The van der Waals surface area contributed by atoms with Gasteiger partial charge >= 0.3 is 0 Å². The summed E-state index contributed by atoms with van der Waals surface area (Å²) in [7, 11) is 1.66. The maximum atomic E-state index is 13.1. The zero-order valence-electron chi connectivity index (χ0n) is 20.3. The van der Waals surface area contributed by atoms with Gasteiger partial charge in [-0.05, 0) is 74.4 Å². The molecule has 34 heavy (non-hydrogen) atoms. The molecule has 0 aliphatic carbocycles. The van der Waals surface area contributed by atoms with Crippen LogP contribution in [0.5, 0.6) is 11.5 Å². The number of carbonyl (C=O) groups is 2. The smallest absolute Gasteiger partial charge is 0.222 e.